The molecule has 2 atom stereocenters. The molecule has 8 heteroatoms. The van der Waals surface area contributed by atoms with E-state index in [1.54, 1.807) is 0 Å². The number of carbonyl (C=O) groups is 1. The zero-order chi connectivity index (χ0) is 14.8. The van der Waals surface area contributed by atoms with Gasteiger partial charge < -0.3 is 10.1 Å². The van der Waals surface area contributed by atoms with E-state index in [0.29, 0.717) is 0 Å². The maximum absolute atomic E-state index is 12.6. The second-order valence-corrected chi connectivity index (χ2v) is 5.09. The SMILES string of the molecule is N#CC(CN1CCOCC1C(=O)NC1CC1)C(F)(F)F. The van der Waals surface area contributed by atoms with Gasteiger partial charge in [-0.1, -0.05) is 0 Å². The molecule has 0 aromatic rings. The highest BCUT2D eigenvalue weighted by atomic mass is 19.4. The number of rotatable bonds is 4. The summed E-state index contributed by atoms with van der Waals surface area (Å²) >= 11 is 0. The number of nitrogens with one attached hydrogen (secondary N) is 1. The van der Waals surface area contributed by atoms with Crippen LogP contribution >= 0.6 is 0 Å². The zero-order valence-electron chi connectivity index (χ0n) is 10.8. The molecule has 1 amide bonds. The maximum Gasteiger partial charge on any atom is 0.405 e. The smallest absolute Gasteiger partial charge is 0.378 e. The van der Waals surface area contributed by atoms with Crippen LogP contribution in [0.3, 0.4) is 0 Å². The van der Waals surface area contributed by atoms with Crippen LogP contribution in [0, 0.1) is 17.2 Å². The number of nitrogens with zero attached hydrogens (tertiary/aromatic N) is 2. The normalized spacial score (nSPS) is 25.8. The zero-order valence-corrected chi connectivity index (χ0v) is 10.8. The van der Waals surface area contributed by atoms with Crippen LogP contribution in [0.15, 0.2) is 0 Å². The Balaban J connectivity index is 1.98. The van der Waals surface area contributed by atoms with Gasteiger partial charge in [-0.3, -0.25) is 9.69 Å². The van der Waals surface area contributed by atoms with E-state index in [-0.39, 0.29) is 31.7 Å². The van der Waals surface area contributed by atoms with Crippen molar-refractivity contribution in [3.05, 3.63) is 0 Å². The molecule has 0 aromatic carbocycles. The van der Waals surface area contributed by atoms with Crippen molar-refractivity contribution in [1.29, 1.82) is 5.26 Å². The Kier molecular flexibility index (Phi) is 4.50. The summed E-state index contributed by atoms with van der Waals surface area (Å²) in [4.78, 5) is 13.4. The molecule has 5 nitrogen and oxygen atoms in total. The van der Waals surface area contributed by atoms with Crippen molar-refractivity contribution in [3.63, 3.8) is 0 Å². The van der Waals surface area contributed by atoms with E-state index in [9.17, 15) is 18.0 Å². The van der Waals surface area contributed by atoms with E-state index in [0.717, 1.165) is 12.8 Å². The molecule has 0 radical (unpaired) electrons. The topological polar surface area (TPSA) is 65.4 Å². The fourth-order valence-electron chi connectivity index (χ4n) is 2.08. The van der Waals surface area contributed by atoms with Crippen LogP contribution < -0.4 is 5.32 Å². The van der Waals surface area contributed by atoms with Crippen molar-refractivity contribution in [2.45, 2.75) is 31.1 Å². The number of carbonyl (C=O) groups excluding carboxylic acids is 1. The van der Waals surface area contributed by atoms with Gasteiger partial charge >= 0.3 is 6.18 Å². The summed E-state index contributed by atoms with van der Waals surface area (Å²) in [7, 11) is 0. The van der Waals surface area contributed by atoms with Gasteiger partial charge in [0.15, 0.2) is 5.92 Å². The van der Waals surface area contributed by atoms with Crippen LogP contribution in [-0.4, -0.2) is 55.4 Å². The molecule has 0 spiro atoms. The first kappa shape index (κ1) is 15.1. The first-order valence-corrected chi connectivity index (χ1v) is 6.50. The molecule has 2 unspecified atom stereocenters. The minimum atomic E-state index is -4.58. The Morgan fingerprint density at radius 1 is 1.50 bits per heavy atom. The molecule has 2 aliphatic rings. The minimum Gasteiger partial charge on any atom is -0.378 e. The Bertz CT molecular complexity index is 404. The summed E-state index contributed by atoms with van der Waals surface area (Å²) in [5, 5.41) is 11.4. The predicted octanol–water partition coefficient (Wildman–Crippen LogP) is 0.668. The number of hydrogen-bond donors (Lipinski definition) is 1. The van der Waals surface area contributed by atoms with E-state index in [4.69, 9.17) is 10.00 Å². The first-order valence-electron chi connectivity index (χ1n) is 6.50. The number of hydrogen-bond acceptors (Lipinski definition) is 4. The molecule has 1 saturated heterocycles. The number of alkyl halides is 3. The number of halogens is 3. The Hall–Kier alpha value is -1.33. The van der Waals surface area contributed by atoms with E-state index >= 15 is 0 Å². The van der Waals surface area contributed by atoms with Crippen molar-refractivity contribution >= 4 is 5.91 Å². The average Bonchev–Trinajstić information content (AvgIpc) is 3.18. The monoisotopic (exact) mass is 291 g/mol. The predicted molar refractivity (Wildman–Crippen MR) is 62.5 cm³/mol. The first-order chi connectivity index (χ1) is 9.41. The number of ether oxygens (including phenoxy) is 1. The molecular formula is C12H16F3N3O2. The van der Waals surface area contributed by atoms with Crippen molar-refractivity contribution in [2.24, 2.45) is 5.92 Å². The standard InChI is InChI=1S/C12H16F3N3O2/c13-12(14,15)8(5-16)6-18-3-4-20-7-10(18)11(19)17-9-1-2-9/h8-10H,1-4,6-7H2,(H,17,19). The molecule has 112 valence electrons. The lowest BCUT2D eigenvalue weighted by Crippen LogP contribution is -2.56. The van der Waals surface area contributed by atoms with E-state index in [1.807, 2.05) is 0 Å². The van der Waals surface area contributed by atoms with Gasteiger partial charge in [0.25, 0.3) is 0 Å². The summed E-state index contributed by atoms with van der Waals surface area (Å²) < 4.78 is 43.1. The second kappa shape index (κ2) is 5.97. The fourth-order valence-corrected chi connectivity index (χ4v) is 2.08. The van der Waals surface area contributed by atoms with Crippen LogP contribution in [-0.2, 0) is 9.53 Å². The van der Waals surface area contributed by atoms with Crippen molar-refractivity contribution in [1.82, 2.24) is 10.2 Å². The molecule has 1 heterocycles. The molecule has 2 fully saturated rings. The number of morpholine rings is 1. The molecule has 1 N–H and O–H groups in total. The molecule has 0 bridgehead atoms. The van der Waals surface area contributed by atoms with Gasteiger partial charge in [0.2, 0.25) is 5.91 Å². The number of amides is 1. The molecule has 1 saturated carbocycles. The summed E-state index contributed by atoms with van der Waals surface area (Å²) in [6.45, 7) is 0.0564. The second-order valence-electron chi connectivity index (χ2n) is 5.09. The number of nitriles is 1. The van der Waals surface area contributed by atoms with Crippen molar-refractivity contribution in [3.8, 4) is 6.07 Å². The third kappa shape index (κ3) is 3.84. The highest BCUT2D eigenvalue weighted by molar-refractivity contribution is 5.82. The quantitative estimate of drug-likeness (QED) is 0.827. The van der Waals surface area contributed by atoms with E-state index in [2.05, 4.69) is 5.32 Å². The molecule has 2 rings (SSSR count). The Morgan fingerprint density at radius 3 is 2.75 bits per heavy atom. The lowest BCUT2D eigenvalue weighted by Gasteiger charge is -2.35. The summed E-state index contributed by atoms with van der Waals surface area (Å²) in [6, 6.07) is 0.655. The van der Waals surface area contributed by atoms with Crippen LogP contribution in [0.5, 0.6) is 0 Å². The van der Waals surface area contributed by atoms with E-state index < -0.39 is 24.7 Å². The van der Waals surface area contributed by atoms with Gasteiger partial charge in [0.1, 0.15) is 6.04 Å². The van der Waals surface area contributed by atoms with Gasteiger partial charge in [-0.05, 0) is 12.8 Å². The largest absolute Gasteiger partial charge is 0.405 e. The minimum absolute atomic E-state index is 0.0640. The van der Waals surface area contributed by atoms with Crippen LogP contribution in [0.1, 0.15) is 12.8 Å². The van der Waals surface area contributed by atoms with Crippen LogP contribution in [0.25, 0.3) is 0 Å². The molecular weight excluding hydrogens is 275 g/mol. The van der Waals surface area contributed by atoms with Gasteiger partial charge in [-0.2, -0.15) is 18.4 Å². The third-order valence-electron chi connectivity index (χ3n) is 3.43. The molecule has 1 aliphatic carbocycles. The van der Waals surface area contributed by atoms with Crippen LogP contribution in [0.4, 0.5) is 13.2 Å². The van der Waals surface area contributed by atoms with Crippen LogP contribution in [0.2, 0.25) is 0 Å². The molecule has 0 aromatic heterocycles. The van der Waals surface area contributed by atoms with Crippen molar-refractivity contribution < 1.29 is 22.7 Å². The lowest BCUT2D eigenvalue weighted by molar-refractivity contribution is -0.169. The Morgan fingerprint density at radius 2 is 2.20 bits per heavy atom. The highest BCUT2D eigenvalue weighted by Gasteiger charge is 2.43. The van der Waals surface area contributed by atoms with Gasteiger partial charge in [0.05, 0.1) is 19.3 Å². The lowest BCUT2D eigenvalue weighted by atomic mass is 10.1. The van der Waals surface area contributed by atoms with Gasteiger partial charge in [-0.25, -0.2) is 0 Å². The van der Waals surface area contributed by atoms with Gasteiger partial charge in [0, 0.05) is 19.1 Å². The summed E-state index contributed by atoms with van der Waals surface area (Å²) in [6.07, 6.45) is -2.77. The van der Waals surface area contributed by atoms with E-state index in [1.165, 1.54) is 11.0 Å². The molecule has 1 aliphatic heterocycles. The maximum atomic E-state index is 12.6. The summed E-state index contributed by atoms with van der Waals surface area (Å²) in [5.74, 6) is -2.40. The third-order valence-corrected chi connectivity index (χ3v) is 3.43. The van der Waals surface area contributed by atoms with Crippen molar-refractivity contribution in [2.75, 3.05) is 26.3 Å². The Labute approximate surface area is 114 Å². The summed E-state index contributed by atoms with van der Waals surface area (Å²) in [5.41, 5.74) is 0. The van der Waals surface area contributed by atoms with Gasteiger partial charge in [-0.15, -0.1) is 0 Å². The average molecular weight is 291 g/mol. The fraction of sp³-hybridized carbons (Fsp3) is 0.833. The molecule has 20 heavy (non-hydrogen) atoms. The highest BCUT2D eigenvalue weighted by Crippen LogP contribution is 2.27.